The molecule has 0 radical (unpaired) electrons. The number of hydrogen-bond donors (Lipinski definition) is 2. The van der Waals surface area contributed by atoms with Crippen molar-refractivity contribution in [3.05, 3.63) is 65.2 Å². The third kappa shape index (κ3) is 5.31. The van der Waals surface area contributed by atoms with Crippen LogP contribution in [0.25, 0.3) is 6.08 Å². The molecule has 6 heteroatoms. The van der Waals surface area contributed by atoms with Crippen molar-refractivity contribution in [2.24, 2.45) is 0 Å². The number of carbonyl (C=O) groups excluding carboxylic acids is 2. The molecule has 0 bridgehead atoms. The number of amides is 2. The first-order valence-electron chi connectivity index (χ1n) is 9.14. The van der Waals surface area contributed by atoms with Crippen LogP contribution in [-0.4, -0.2) is 42.9 Å². The largest absolute Gasteiger partial charge is 0.465 e. The number of hydrogen-bond acceptors (Lipinski definition) is 4. The molecule has 2 heterocycles. The zero-order chi connectivity index (χ0) is 19.2. The van der Waals surface area contributed by atoms with Crippen LogP contribution in [0.15, 0.2) is 52.8 Å². The number of aryl methyl sites for hydroxylation is 1. The van der Waals surface area contributed by atoms with Gasteiger partial charge in [-0.05, 0) is 64.2 Å². The Morgan fingerprint density at radius 3 is 2.63 bits per heavy atom. The Balaban J connectivity index is 1.75. The SMILES string of the molecule is Cc1cccc(C(=O)N/C(=C\c2ccco2)C(=O)NC2CCN(C)CC2)c1. The average molecular weight is 367 g/mol. The second kappa shape index (κ2) is 8.68. The van der Waals surface area contributed by atoms with Crippen LogP contribution >= 0.6 is 0 Å². The fourth-order valence-electron chi connectivity index (χ4n) is 3.07. The van der Waals surface area contributed by atoms with Crippen molar-refractivity contribution in [1.29, 1.82) is 0 Å². The number of carbonyl (C=O) groups is 2. The van der Waals surface area contributed by atoms with Crippen LogP contribution in [0.5, 0.6) is 0 Å². The van der Waals surface area contributed by atoms with Crippen LogP contribution in [0, 0.1) is 6.92 Å². The summed E-state index contributed by atoms with van der Waals surface area (Å²) in [6, 6.07) is 10.8. The number of rotatable bonds is 5. The zero-order valence-electron chi connectivity index (χ0n) is 15.7. The second-order valence-electron chi connectivity index (χ2n) is 6.95. The Kier molecular flexibility index (Phi) is 6.08. The predicted molar refractivity (Wildman–Crippen MR) is 104 cm³/mol. The molecule has 1 aromatic carbocycles. The Morgan fingerprint density at radius 1 is 1.19 bits per heavy atom. The Morgan fingerprint density at radius 2 is 1.96 bits per heavy atom. The van der Waals surface area contributed by atoms with Crippen molar-refractivity contribution < 1.29 is 14.0 Å². The Hall–Kier alpha value is -2.86. The number of furan rings is 1. The third-order valence-electron chi connectivity index (χ3n) is 4.66. The molecule has 6 nitrogen and oxygen atoms in total. The van der Waals surface area contributed by atoms with Gasteiger partial charge in [0.2, 0.25) is 0 Å². The second-order valence-corrected chi connectivity index (χ2v) is 6.95. The third-order valence-corrected chi connectivity index (χ3v) is 4.66. The standard InChI is InChI=1S/C21H25N3O3/c1-15-5-3-6-16(13-15)20(25)23-19(14-18-7-4-12-27-18)21(26)22-17-8-10-24(2)11-9-17/h3-7,12-14,17H,8-11H2,1-2H3,(H,22,26)(H,23,25)/b19-14-. The minimum atomic E-state index is -0.324. The van der Waals surface area contributed by atoms with Gasteiger partial charge in [0.1, 0.15) is 11.5 Å². The van der Waals surface area contributed by atoms with Gasteiger partial charge in [-0.2, -0.15) is 0 Å². The van der Waals surface area contributed by atoms with E-state index in [0.717, 1.165) is 31.5 Å². The summed E-state index contributed by atoms with van der Waals surface area (Å²) in [5, 5.41) is 5.77. The van der Waals surface area contributed by atoms with Gasteiger partial charge in [0.25, 0.3) is 11.8 Å². The van der Waals surface area contributed by atoms with E-state index in [-0.39, 0.29) is 23.6 Å². The molecule has 0 saturated carbocycles. The van der Waals surface area contributed by atoms with E-state index >= 15 is 0 Å². The molecule has 3 rings (SSSR count). The molecule has 2 amide bonds. The van der Waals surface area contributed by atoms with Crippen LogP contribution in [0.1, 0.15) is 34.5 Å². The highest BCUT2D eigenvalue weighted by atomic mass is 16.3. The molecule has 1 fully saturated rings. The van der Waals surface area contributed by atoms with Crippen LogP contribution in [-0.2, 0) is 4.79 Å². The molecule has 0 spiro atoms. The lowest BCUT2D eigenvalue weighted by molar-refractivity contribution is -0.118. The summed E-state index contributed by atoms with van der Waals surface area (Å²) in [6.45, 7) is 3.80. The lowest BCUT2D eigenvalue weighted by Gasteiger charge is -2.29. The lowest BCUT2D eigenvalue weighted by atomic mass is 10.1. The maximum atomic E-state index is 12.8. The van der Waals surface area contributed by atoms with Crippen molar-refractivity contribution in [3.63, 3.8) is 0 Å². The van der Waals surface area contributed by atoms with Crippen LogP contribution in [0.4, 0.5) is 0 Å². The molecule has 142 valence electrons. The summed E-state index contributed by atoms with van der Waals surface area (Å²) in [7, 11) is 2.07. The molecule has 2 N–H and O–H groups in total. The molecule has 1 aromatic heterocycles. The fourth-order valence-corrected chi connectivity index (χ4v) is 3.07. The van der Waals surface area contributed by atoms with E-state index < -0.39 is 0 Å². The first-order valence-corrected chi connectivity index (χ1v) is 9.14. The Labute approximate surface area is 159 Å². The van der Waals surface area contributed by atoms with Gasteiger partial charge in [-0.25, -0.2) is 0 Å². The van der Waals surface area contributed by atoms with Gasteiger partial charge in [-0.3, -0.25) is 9.59 Å². The highest BCUT2D eigenvalue weighted by Crippen LogP contribution is 2.12. The molecule has 1 saturated heterocycles. The van der Waals surface area contributed by atoms with E-state index in [1.807, 2.05) is 19.1 Å². The van der Waals surface area contributed by atoms with E-state index in [1.165, 1.54) is 6.26 Å². The number of nitrogens with one attached hydrogen (secondary N) is 2. The average Bonchev–Trinajstić information content (AvgIpc) is 3.16. The first-order chi connectivity index (χ1) is 13.0. The van der Waals surface area contributed by atoms with Crippen LogP contribution in [0.2, 0.25) is 0 Å². The molecular weight excluding hydrogens is 342 g/mol. The van der Waals surface area contributed by atoms with Gasteiger partial charge < -0.3 is 20.0 Å². The van der Waals surface area contributed by atoms with E-state index in [2.05, 4.69) is 22.6 Å². The molecule has 1 aliphatic heterocycles. The minimum Gasteiger partial charge on any atom is -0.465 e. The summed E-state index contributed by atoms with van der Waals surface area (Å²) in [5.41, 5.74) is 1.66. The summed E-state index contributed by atoms with van der Waals surface area (Å²) in [6.07, 6.45) is 4.86. The molecule has 2 aromatic rings. The Bertz CT molecular complexity index is 819. The van der Waals surface area contributed by atoms with Gasteiger partial charge in [-0.1, -0.05) is 17.7 Å². The smallest absolute Gasteiger partial charge is 0.268 e. The molecular formula is C21H25N3O3. The minimum absolute atomic E-state index is 0.101. The maximum Gasteiger partial charge on any atom is 0.268 e. The molecule has 1 aliphatic rings. The predicted octanol–water partition coefficient (Wildman–Crippen LogP) is 2.57. The summed E-state index contributed by atoms with van der Waals surface area (Å²) >= 11 is 0. The van der Waals surface area contributed by atoms with Crippen LogP contribution < -0.4 is 10.6 Å². The van der Waals surface area contributed by atoms with Crippen LogP contribution in [0.3, 0.4) is 0 Å². The summed E-state index contributed by atoms with van der Waals surface area (Å²) in [5.74, 6) is -0.120. The summed E-state index contributed by atoms with van der Waals surface area (Å²) < 4.78 is 5.31. The zero-order valence-corrected chi connectivity index (χ0v) is 15.7. The fraction of sp³-hybridized carbons (Fsp3) is 0.333. The lowest BCUT2D eigenvalue weighted by Crippen LogP contribution is -2.45. The number of likely N-dealkylation sites (tertiary alicyclic amines) is 1. The topological polar surface area (TPSA) is 74.6 Å². The first kappa shape index (κ1) is 18.9. The summed E-state index contributed by atoms with van der Waals surface area (Å²) in [4.78, 5) is 27.6. The molecule has 0 aliphatic carbocycles. The van der Waals surface area contributed by atoms with Crippen molar-refractivity contribution in [1.82, 2.24) is 15.5 Å². The van der Waals surface area contributed by atoms with E-state index in [1.54, 1.807) is 30.3 Å². The van der Waals surface area contributed by atoms with Gasteiger partial charge in [-0.15, -0.1) is 0 Å². The monoisotopic (exact) mass is 367 g/mol. The van der Waals surface area contributed by atoms with E-state index in [9.17, 15) is 9.59 Å². The number of piperidine rings is 1. The van der Waals surface area contributed by atoms with Gasteiger partial charge in [0, 0.05) is 17.7 Å². The highest BCUT2D eigenvalue weighted by molar-refractivity contribution is 6.05. The molecule has 27 heavy (non-hydrogen) atoms. The van der Waals surface area contributed by atoms with Gasteiger partial charge in [0.15, 0.2) is 0 Å². The maximum absolute atomic E-state index is 12.8. The quantitative estimate of drug-likeness (QED) is 0.797. The van der Waals surface area contributed by atoms with Crippen molar-refractivity contribution >= 4 is 17.9 Å². The van der Waals surface area contributed by atoms with Crippen molar-refractivity contribution in [3.8, 4) is 0 Å². The van der Waals surface area contributed by atoms with E-state index in [4.69, 9.17) is 4.42 Å². The van der Waals surface area contributed by atoms with Gasteiger partial charge >= 0.3 is 0 Å². The van der Waals surface area contributed by atoms with Gasteiger partial charge in [0.05, 0.1) is 6.26 Å². The number of nitrogens with zero attached hydrogens (tertiary/aromatic N) is 1. The van der Waals surface area contributed by atoms with Crippen molar-refractivity contribution in [2.45, 2.75) is 25.8 Å². The normalized spacial score (nSPS) is 16.1. The molecule has 0 unspecified atom stereocenters. The van der Waals surface area contributed by atoms with E-state index in [0.29, 0.717) is 11.3 Å². The molecule has 0 atom stereocenters. The number of benzene rings is 1. The highest BCUT2D eigenvalue weighted by Gasteiger charge is 2.22. The van der Waals surface area contributed by atoms with Crippen molar-refractivity contribution in [2.75, 3.05) is 20.1 Å².